The Hall–Kier alpha value is -1.11. The number of ether oxygens (including phenoxy) is 2. The van der Waals surface area contributed by atoms with Gasteiger partial charge in [-0.2, -0.15) is 0 Å². The summed E-state index contributed by atoms with van der Waals surface area (Å²) in [5.41, 5.74) is 1.14. The Morgan fingerprint density at radius 2 is 2.12 bits per heavy atom. The number of morpholine rings is 1. The third kappa shape index (κ3) is 6.42. The molecule has 0 aromatic heterocycles. The number of hydrogen-bond acceptors (Lipinski definition) is 4. The molecule has 0 spiro atoms. The van der Waals surface area contributed by atoms with E-state index in [0.717, 1.165) is 55.7 Å². The van der Waals surface area contributed by atoms with Crippen molar-refractivity contribution in [1.29, 1.82) is 0 Å². The molecule has 134 valence electrons. The Kier molecular flexibility index (Phi) is 8.02. The molecule has 6 heteroatoms. The van der Waals surface area contributed by atoms with Gasteiger partial charge in [0.1, 0.15) is 5.75 Å². The van der Waals surface area contributed by atoms with Crippen LogP contribution in [0.25, 0.3) is 0 Å². The summed E-state index contributed by atoms with van der Waals surface area (Å²) in [6.45, 7) is 9.25. The third-order valence-corrected chi connectivity index (χ3v) is 4.68. The van der Waals surface area contributed by atoms with E-state index in [1.165, 1.54) is 0 Å². The van der Waals surface area contributed by atoms with Gasteiger partial charge in [-0.1, -0.05) is 6.07 Å². The summed E-state index contributed by atoms with van der Waals surface area (Å²) in [5.74, 6) is 0.615. The minimum Gasteiger partial charge on any atom is -0.480 e. The van der Waals surface area contributed by atoms with E-state index in [1.807, 2.05) is 25.1 Å². The average molecular weight is 399 g/mol. The number of carbonyl (C=O) groups excluding carboxylic acids is 1. The number of nitrogens with one attached hydrogen (secondary N) is 1. The first-order chi connectivity index (χ1) is 11.6. The summed E-state index contributed by atoms with van der Waals surface area (Å²) < 4.78 is 11.9. The van der Waals surface area contributed by atoms with Gasteiger partial charge in [0.05, 0.1) is 17.7 Å². The fourth-order valence-corrected chi connectivity index (χ4v) is 3.17. The van der Waals surface area contributed by atoms with Crippen LogP contribution in [0.3, 0.4) is 0 Å². The van der Waals surface area contributed by atoms with Crippen molar-refractivity contribution in [2.75, 3.05) is 39.4 Å². The van der Waals surface area contributed by atoms with Gasteiger partial charge >= 0.3 is 0 Å². The molecule has 0 radical (unpaired) electrons. The lowest BCUT2D eigenvalue weighted by molar-refractivity contribution is -0.127. The number of aryl methyl sites for hydroxylation is 1. The van der Waals surface area contributed by atoms with Crippen LogP contribution in [0, 0.1) is 6.92 Å². The Morgan fingerprint density at radius 1 is 1.38 bits per heavy atom. The minimum absolute atomic E-state index is 0.0751. The maximum atomic E-state index is 12.1. The van der Waals surface area contributed by atoms with Crippen molar-refractivity contribution in [3.8, 4) is 5.75 Å². The van der Waals surface area contributed by atoms with Gasteiger partial charge in [0, 0.05) is 19.6 Å². The van der Waals surface area contributed by atoms with E-state index in [1.54, 1.807) is 6.92 Å². The molecule has 1 fully saturated rings. The first-order valence-electron chi connectivity index (χ1n) is 8.57. The van der Waals surface area contributed by atoms with Crippen LogP contribution in [-0.2, 0) is 9.53 Å². The van der Waals surface area contributed by atoms with Crippen molar-refractivity contribution in [3.05, 3.63) is 28.2 Å². The van der Waals surface area contributed by atoms with Gasteiger partial charge in [-0.3, -0.25) is 9.69 Å². The lowest BCUT2D eigenvalue weighted by Crippen LogP contribution is -2.38. The topological polar surface area (TPSA) is 50.8 Å². The standard InChI is InChI=1S/C18H27BrN2O3/c1-14-5-6-17(16(19)13-14)24-15(2)18(22)20-7-3-4-8-21-9-11-23-12-10-21/h5-6,13,15H,3-4,7-12H2,1-2H3,(H,20,22). The normalized spacial score (nSPS) is 16.6. The van der Waals surface area contributed by atoms with Gasteiger partial charge in [-0.25, -0.2) is 0 Å². The largest absolute Gasteiger partial charge is 0.480 e. The van der Waals surface area contributed by atoms with Crippen LogP contribution in [0.2, 0.25) is 0 Å². The molecule has 0 saturated carbocycles. The molecule has 1 aliphatic rings. The van der Waals surface area contributed by atoms with E-state index in [0.29, 0.717) is 12.3 Å². The molecule has 1 amide bonds. The van der Waals surface area contributed by atoms with Crippen LogP contribution < -0.4 is 10.1 Å². The number of rotatable bonds is 8. The average Bonchev–Trinajstić information content (AvgIpc) is 2.57. The fourth-order valence-electron chi connectivity index (χ4n) is 2.59. The SMILES string of the molecule is Cc1ccc(OC(C)C(=O)NCCCCN2CCOCC2)c(Br)c1. The molecule has 2 rings (SSSR count). The predicted molar refractivity (Wildman–Crippen MR) is 98.5 cm³/mol. The molecular formula is C18H27BrN2O3. The van der Waals surface area contributed by atoms with Crippen molar-refractivity contribution in [2.24, 2.45) is 0 Å². The number of nitrogens with zero attached hydrogens (tertiary/aromatic N) is 1. The molecule has 0 bridgehead atoms. The number of unbranched alkanes of at least 4 members (excludes halogenated alkanes) is 1. The lowest BCUT2D eigenvalue weighted by Gasteiger charge is -2.26. The van der Waals surface area contributed by atoms with E-state index in [9.17, 15) is 4.79 Å². The molecular weight excluding hydrogens is 372 g/mol. The van der Waals surface area contributed by atoms with Gasteiger partial charge < -0.3 is 14.8 Å². The van der Waals surface area contributed by atoms with Crippen molar-refractivity contribution in [2.45, 2.75) is 32.8 Å². The summed E-state index contributed by atoms with van der Waals surface area (Å²) in [6.07, 6.45) is 1.55. The highest BCUT2D eigenvalue weighted by Gasteiger charge is 2.15. The van der Waals surface area contributed by atoms with Gasteiger partial charge in [0.25, 0.3) is 5.91 Å². The number of benzene rings is 1. The number of amides is 1. The Bertz CT molecular complexity index is 533. The monoisotopic (exact) mass is 398 g/mol. The van der Waals surface area contributed by atoms with E-state index in [2.05, 4.69) is 26.1 Å². The second-order valence-electron chi connectivity index (χ2n) is 6.15. The van der Waals surface area contributed by atoms with Gasteiger partial charge in [-0.15, -0.1) is 0 Å². The van der Waals surface area contributed by atoms with Crippen molar-refractivity contribution in [1.82, 2.24) is 10.2 Å². The van der Waals surface area contributed by atoms with Crippen LogP contribution in [0.4, 0.5) is 0 Å². The van der Waals surface area contributed by atoms with Gasteiger partial charge in [-0.05, 0) is 66.9 Å². The molecule has 1 saturated heterocycles. The van der Waals surface area contributed by atoms with E-state index < -0.39 is 6.10 Å². The summed E-state index contributed by atoms with van der Waals surface area (Å²) in [5, 5.41) is 2.95. The summed E-state index contributed by atoms with van der Waals surface area (Å²) in [6, 6.07) is 5.83. The third-order valence-electron chi connectivity index (χ3n) is 4.06. The highest BCUT2D eigenvalue weighted by atomic mass is 79.9. The smallest absolute Gasteiger partial charge is 0.260 e. The lowest BCUT2D eigenvalue weighted by atomic mass is 10.2. The Morgan fingerprint density at radius 3 is 2.83 bits per heavy atom. The minimum atomic E-state index is -0.511. The number of halogens is 1. The highest BCUT2D eigenvalue weighted by molar-refractivity contribution is 9.10. The molecule has 1 N–H and O–H groups in total. The molecule has 1 aromatic rings. The summed E-state index contributed by atoms with van der Waals surface area (Å²) in [4.78, 5) is 14.5. The van der Waals surface area contributed by atoms with Crippen LogP contribution >= 0.6 is 15.9 Å². The number of hydrogen-bond donors (Lipinski definition) is 1. The maximum Gasteiger partial charge on any atom is 0.260 e. The Balaban J connectivity index is 1.62. The first-order valence-corrected chi connectivity index (χ1v) is 9.36. The van der Waals surface area contributed by atoms with Crippen molar-refractivity contribution >= 4 is 21.8 Å². The van der Waals surface area contributed by atoms with Crippen LogP contribution in [0.5, 0.6) is 5.75 Å². The highest BCUT2D eigenvalue weighted by Crippen LogP contribution is 2.26. The van der Waals surface area contributed by atoms with Crippen molar-refractivity contribution < 1.29 is 14.3 Å². The second kappa shape index (κ2) is 10.0. The van der Waals surface area contributed by atoms with Crippen molar-refractivity contribution in [3.63, 3.8) is 0 Å². The molecule has 1 aliphatic heterocycles. The van der Waals surface area contributed by atoms with Crippen LogP contribution in [0.15, 0.2) is 22.7 Å². The predicted octanol–water partition coefficient (Wildman–Crippen LogP) is 2.75. The first kappa shape index (κ1) is 19.2. The molecule has 1 aromatic carbocycles. The summed E-state index contributed by atoms with van der Waals surface area (Å²) in [7, 11) is 0. The zero-order chi connectivity index (χ0) is 17.4. The fraction of sp³-hybridized carbons (Fsp3) is 0.611. The molecule has 1 heterocycles. The zero-order valence-electron chi connectivity index (χ0n) is 14.5. The molecule has 5 nitrogen and oxygen atoms in total. The zero-order valence-corrected chi connectivity index (χ0v) is 16.1. The van der Waals surface area contributed by atoms with Gasteiger partial charge in [0.15, 0.2) is 6.10 Å². The Labute approximate surface area is 152 Å². The maximum absolute atomic E-state index is 12.1. The number of carbonyl (C=O) groups is 1. The molecule has 1 unspecified atom stereocenters. The van der Waals surface area contributed by atoms with Gasteiger partial charge in [0.2, 0.25) is 0 Å². The van der Waals surface area contributed by atoms with Crippen LogP contribution in [0.1, 0.15) is 25.3 Å². The van der Waals surface area contributed by atoms with Crippen LogP contribution in [-0.4, -0.2) is 56.3 Å². The van der Waals surface area contributed by atoms with E-state index >= 15 is 0 Å². The molecule has 24 heavy (non-hydrogen) atoms. The summed E-state index contributed by atoms with van der Waals surface area (Å²) >= 11 is 3.47. The molecule has 1 atom stereocenters. The van der Waals surface area contributed by atoms with E-state index in [4.69, 9.17) is 9.47 Å². The van der Waals surface area contributed by atoms with E-state index in [-0.39, 0.29) is 5.91 Å². The quantitative estimate of drug-likeness (QED) is 0.683. The molecule has 0 aliphatic carbocycles. The second-order valence-corrected chi connectivity index (χ2v) is 7.00.